The molecule has 2 rings (SSSR count). The first kappa shape index (κ1) is 12.7. The Hall–Kier alpha value is 0.210. The number of nitrogens with zero attached hydrogens (tertiary/aromatic N) is 1. The minimum absolute atomic E-state index is 0.549. The molecule has 0 aromatic heterocycles. The van der Waals surface area contributed by atoms with Gasteiger partial charge >= 0.3 is 0 Å². The van der Waals surface area contributed by atoms with Crippen molar-refractivity contribution in [3.05, 3.63) is 0 Å². The molecule has 3 heteroatoms. The summed E-state index contributed by atoms with van der Waals surface area (Å²) in [6.45, 7) is 4.76. The molecule has 2 nitrogen and oxygen atoms in total. The van der Waals surface area contributed by atoms with Gasteiger partial charge in [-0.1, -0.05) is 0 Å². The van der Waals surface area contributed by atoms with E-state index in [-0.39, 0.29) is 0 Å². The molecular weight excluding hydrogens is 222 g/mol. The van der Waals surface area contributed by atoms with Gasteiger partial charge in [0.05, 0.1) is 6.10 Å². The molecule has 0 saturated carbocycles. The van der Waals surface area contributed by atoms with Gasteiger partial charge in [-0.25, -0.2) is 0 Å². The van der Waals surface area contributed by atoms with Gasteiger partial charge in [0.15, 0.2) is 0 Å². The van der Waals surface area contributed by atoms with E-state index in [0.29, 0.717) is 6.10 Å². The summed E-state index contributed by atoms with van der Waals surface area (Å²) in [6.07, 6.45) is 8.24. The predicted octanol–water partition coefficient (Wildman–Crippen LogP) is 2.90. The number of halogens is 1. The molecular formula is C13H24ClNO. The third-order valence-electron chi connectivity index (χ3n) is 3.91. The van der Waals surface area contributed by atoms with Crippen LogP contribution in [0.4, 0.5) is 0 Å². The second kappa shape index (κ2) is 6.83. The van der Waals surface area contributed by atoms with Crippen molar-refractivity contribution in [2.24, 2.45) is 5.92 Å². The number of piperidine rings is 1. The molecule has 0 aromatic carbocycles. The third-order valence-corrected chi connectivity index (χ3v) is 4.13. The zero-order chi connectivity index (χ0) is 11.2. The van der Waals surface area contributed by atoms with Gasteiger partial charge in [0.1, 0.15) is 0 Å². The zero-order valence-electron chi connectivity index (χ0n) is 10.2. The fourth-order valence-electron chi connectivity index (χ4n) is 2.94. The van der Waals surface area contributed by atoms with E-state index in [1.165, 1.54) is 58.2 Å². The van der Waals surface area contributed by atoms with Crippen LogP contribution < -0.4 is 0 Å². The molecule has 0 bridgehead atoms. The zero-order valence-corrected chi connectivity index (χ0v) is 10.9. The summed E-state index contributed by atoms with van der Waals surface area (Å²) in [6, 6.07) is 0. The second-order valence-corrected chi connectivity index (χ2v) is 5.59. The van der Waals surface area contributed by atoms with E-state index in [4.69, 9.17) is 16.3 Å². The molecule has 2 saturated heterocycles. The fraction of sp³-hybridized carbons (Fsp3) is 1.00. The predicted molar refractivity (Wildman–Crippen MR) is 68.1 cm³/mol. The monoisotopic (exact) mass is 245 g/mol. The van der Waals surface area contributed by atoms with Crippen LogP contribution in [0.2, 0.25) is 0 Å². The lowest BCUT2D eigenvalue weighted by Crippen LogP contribution is -2.37. The first-order chi connectivity index (χ1) is 7.88. The van der Waals surface area contributed by atoms with Crippen molar-refractivity contribution in [3.8, 4) is 0 Å². The Morgan fingerprint density at radius 3 is 2.88 bits per heavy atom. The summed E-state index contributed by atoms with van der Waals surface area (Å²) in [4.78, 5) is 2.61. The van der Waals surface area contributed by atoms with E-state index in [0.717, 1.165) is 18.4 Å². The van der Waals surface area contributed by atoms with Gasteiger partial charge in [0.2, 0.25) is 0 Å². The molecule has 2 unspecified atom stereocenters. The van der Waals surface area contributed by atoms with Gasteiger partial charge in [-0.05, 0) is 51.0 Å². The largest absolute Gasteiger partial charge is 0.378 e. The molecule has 2 atom stereocenters. The van der Waals surface area contributed by atoms with Gasteiger partial charge in [0, 0.05) is 25.6 Å². The molecule has 0 radical (unpaired) electrons. The van der Waals surface area contributed by atoms with Crippen molar-refractivity contribution >= 4 is 11.6 Å². The first-order valence-electron chi connectivity index (χ1n) is 6.78. The second-order valence-electron chi connectivity index (χ2n) is 5.21. The lowest BCUT2D eigenvalue weighted by Gasteiger charge is -2.33. The quantitative estimate of drug-likeness (QED) is 0.691. The van der Waals surface area contributed by atoms with Crippen molar-refractivity contribution in [3.63, 3.8) is 0 Å². The summed E-state index contributed by atoms with van der Waals surface area (Å²) in [5.74, 6) is 1.67. The smallest absolute Gasteiger partial charge is 0.0588 e. The Bertz CT molecular complexity index is 192. The fourth-order valence-corrected chi connectivity index (χ4v) is 3.25. The Morgan fingerprint density at radius 2 is 2.12 bits per heavy atom. The average molecular weight is 246 g/mol. The van der Waals surface area contributed by atoms with Crippen molar-refractivity contribution in [2.45, 2.75) is 44.6 Å². The van der Waals surface area contributed by atoms with Gasteiger partial charge < -0.3 is 9.64 Å². The molecule has 0 spiro atoms. The highest BCUT2D eigenvalue weighted by Gasteiger charge is 2.21. The van der Waals surface area contributed by atoms with Gasteiger partial charge in [0.25, 0.3) is 0 Å². The van der Waals surface area contributed by atoms with E-state index in [2.05, 4.69) is 4.90 Å². The number of alkyl halides is 1. The number of ether oxygens (including phenoxy) is 1. The maximum atomic E-state index is 5.82. The summed E-state index contributed by atoms with van der Waals surface area (Å²) < 4.78 is 5.67. The van der Waals surface area contributed by atoms with E-state index in [1.807, 2.05) is 0 Å². The SMILES string of the molecule is ClCCC1CCCN(CCC2CCCO2)C1. The number of rotatable bonds is 5. The average Bonchev–Trinajstić information content (AvgIpc) is 2.80. The molecule has 2 fully saturated rings. The summed E-state index contributed by atoms with van der Waals surface area (Å²) in [5.41, 5.74) is 0. The van der Waals surface area contributed by atoms with Crippen LogP contribution in [-0.4, -0.2) is 43.1 Å². The van der Waals surface area contributed by atoms with Crippen LogP contribution in [0.3, 0.4) is 0 Å². The maximum absolute atomic E-state index is 5.82. The summed E-state index contributed by atoms with van der Waals surface area (Å²) in [7, 11) is 0. The molecule has 0 aliphatic carbocycles. The van der Waals surface area contributed by atoms with Crippen LogP contribution >= 0.6 is 11.6 Å². The molecule has 0 N–H and O–H groups in total. The van der Waals surface area contributed by atoms with Crippen molar-refractivity contribution < 1.29 is 4.74 Å². The molecule has 0 amide bonds. The van der Waals surface area contributed by atoms with Crippen LogP contribution in [0.25, 0.3) is 0 Å². The number of hydrogen-bond acceptors (Lipinski definition) is 2. The van der Waals surface area contributed by atoms with Crippen LogP contribution in [0, 0.1) is 5.92 Å². The third kappa shape index (κ3) is 3.90. The van der Waals surface area contributed by atoms with Crippen LogP contribution in [-0.2, 0) is 4.74 Å². The molecule has 2 aliphatic heterocycles. The molecule has 16 heavy (non-hydrogen) atoms. The Kier molecular flexibility index (Phi) is 5.40. The Labute approximate surface area is 104 Å². The van der Waals surface area contributed by atoms with E-state index < -0.39 is 0 Å². The standard InChI is InChI=1S/C13H24ClNO/c14-7-5-12-3-1-8-15(11-12)9-6-13-4-2-10-16-13/h12-13H,1-11H2. The van der Waals surface area contributed by atoms with Crippen molar-refractivity contribution in [2.75, 3.05) is 32.1 Å². The van der Waals surface area contributed by atoms with Gasteiger partial charge in [-0.15, -0.1) is 11.6 Å². The summed E-state index contributed by atoms with van der Waals surface area (Å²) in [5, 5.41) is 0. The minimum Gasteiger partial charge on any atom is -0.378 e. The molecule has 2 aliphatic rings. The van der Waals surface area contributed by atoms with Gasteiger partial charge in [-0.2, -0.15) is 0 Å². The normalized spacial score (nSPS) is 32.1. The van der Waals surface area contributed by atoms with Crippen molar-refractivity contribution in [1.82, 2.24) is 4.90 Å². The lowest BCUT2D eigenvalue weighted by molar-refractivity contribution is 0.0829. The summed E-state index contributed by atoms with van der Waals surface area (Å²) >= 11 is 5.82. The highest BCUT2D eigenvalue weighted by molar-refractivity contribution is 6.17. The highest BCUT2D eigenvalue weighted by atomic mass is 35.5. The first-order valence-corrected chi connectivity index (χ1v) is 7.32. The number of hydrogen-bond donors (Lipinski definition) is 0. The van der Waals surface area contributed by atoms with Crippen LogP contribution in [0.15, 0.2) is 0 Å². The van der Waals surface area contributed by atoms with Crippen LogP contribution in [0.5, 0.6) is 0 Å². The lowest BCUT2D eigenvalue weighted by atomic mass is 9.95. The molecule has 0 aromatic rings. The highest BCUT2D eigenvalue weighted by Crippen LogP contribution is 2.22. The minimum atomic E-state index is 0.549. The van der Waals surface area contributed by atoms with E-state index in [9.17, 15) is 0 Å². The Balaban J connectivity index is 1.64. The van der Waals surface area contributed by atoms with E-state index >= 15 is 0 Å². The molecule has 94 valence electrons. The Morgan fingerprint density at radius 1 is 1.19 bits per heavy atom. The van der Waals surface area contributed by atoms with E-state index in [1.54, 1.807) is 0 Å². The molecule has 2 heterocycles. The topological polar surface area (TPSA) is 12.5 Å². The maximum Gasteiger partial charge on any atom is 0.0588 e. The number of likely N-dealkylation sites (tertiary alicyclic amines) is 1. The van der Waals surface area contributed by atoms with Gasteiger partial charge in [-0.3, -0.25) is 0 Å². The van der Waals surface area contributed by atoms with Crippen LogP contribution in [0.1, 0.15) is 38.5 Å². The van der Waals surface area contributed by atoms with Crippen molar-refractivity contribution in [1.29, 1.82) is 0 Å².